The largest absolute Gasteiger partial charge is 0.490 e. The topological polar surface area (TPSA) is 69.2 Å². The van der Waals surface area contributed by atoms with Gasteiger partial charge in [0, 0.05) is 5.02 Å². The Hall–Kier alpha value is -3.51. The molecule has 1 N–H and O–H groups in total. The SMILES string of the molecule is CCOc1cc(C=NNC(=O)COc2ccc(C(C)C)cc2)ccc1OCc1ccc(Cl)cc1. The van der Waals surface area contributed by atoms with Crippen molar-refractivity contribution in [3.8, 4) is 17.2 Å². The summed E-state index contributed by atoms with van der Waals surface area (Å²) in [4.78, 5) is 12.0. The summed E-state index contributed by atoms with van der Waals surface area (Å²) < 4.78 is 17.1. The summed E-state index contributed by atoms with van der Waals surface area (Å²) in [6.45, 7) is 6.91. The fraction of sp³-hybridized carbons (Fsp3) is 0.259. The van der Waals surface area contributed by atoms with Crippen molar-refractivity contribution in [2.45, 2.75) is 33.3 Å². The zero-order chi connectivity index (χ0) is 24.3. The van der Waals surface area contributed by atoms with Crippen LogP contribution in [0.5, 0.6) is 17.2 Å². The first-order valence-electron chi connectivity index (χ1n) is 11.1. The Balaban J connectivity index is 1.52. The van der Waals surface area contributed by atoms with Crippen LogP contribution in [0.15, 0.2) is 71.8 Å². The predicted molar refractivity (Wildman–Crippen MR) is 135 cm³/mol. The Morgan fingerprint density at radius 1 is 0.971 bits per heavy atom. The van der Waals surface area contributed by atoms with E-state index < -0.39 is 0 Å². The zero-order valence-electron chi connectivity index (χ0n) is 19.6. The molecule has 3 aromatic carbocycles. The maximum Gasteiger partial charge on any atom is 0.277 e. The second-order valence-electron chi connectivity index (χ2n) is 7.86. The lowest BCUT2D eigenvalue weighted by molar-refractivity contribution is -0.123. The Labute approximate surface area is 205 Å². The predicted octanol–water partition coefficient (Wildman–Crippen LogP) is 5.97. The van der Waals surface area contributed by atoms with Crippen LogP contribution in [0.4, 0.5) is 0 Å². The average molecular weight is 481 g/mol. The number of carbonyl (C=O) groups excluding carboxylic acids is 1. The number of hydrazone groups is 1. The van der Waals surface area contributed by atoms with E-state index in [4.69, 9.17) is 25.8 Å². The lowest BCUT2D eigenvalue weighted by atomic mass is 10.0. The average Bonchev–Trinajstić information content (AvgIpc) is 2.84. The number of halogens is 1. The van der Waals surface area contributed by atoms with Crippen LogP contribution in [0.3, 0.4) is 0 Å². The highest BCUT2D eigenvalue weighted by atomic mass is 35.5. The van der Waals surface area contributed by atoms with E-state index in [-0.39, 0.29) is 12.5 Å². The van der Waals surface area contributed by atoms with E-state index in [0.29, 0.717) is 41.4 Å². The van der Waals surface area contributed by atoms with Crippen molar-refractivity contribution in [2.75, 3.05) is 13.2 Å². The molecule has 0 unspecified atom stereocenters. The highest BCUT2D eigenvalue weighted by molar-refractivity contribution is 6.30. The summed E-state index contributed by atoms with van der Waals surface area (Å²) in [6.07, 6.45) is 1.54. The van der Waals surface area contributed by atoms with Gasteiger partial charge in [-0.3, -0.25) is 4.79 Å². The van der Waals surface area contributed by atoms with Crippen LogP contribution in [-0.2, 0) is 11.4 Å². The normalized spacial score (nSPS) is 11.0. The maximum absolute atomic E-state index is 12.0. The molecule has 0 radical (unpaired) electrons. The van der Waals surface area contributed by atoms with E-state index in [1.165, 1.54) is 5.56 Å². The Morgan fingerprint density at radius 2 is 1.71 bits per heavy atom. The highest BCUT2D eigenvalue weighted by Crippen LogP contribution is 2.29. The smallest absolute Gasteiger partial charge is 0.277 e. The maximum atomic E-state index is 12.0. The van der Waals surface area contributed by atoms with Crippen molar-refractivity contribution < 1.29 is 19.0 Å². The Bertz CT molecular complexity index is 1100. The molecule has 0 aliphatic heterocycles. The third kappa shape index (κ3) is 7.81. The molecule has 0 fully saturated rings. The van der Waals surface area contributed by atoms with Crippen molar-refractivity contribution in [3.63, 3.8) is 0 Å². The van der Waals surface area contributed by atoms with Crippen LogP contribution in [0, 0.1) is 0 Å². The molecule has 3 aromatic rings. The monoisotopic (exact) mass is 480 g/mol. The molecule has 0 atom stereocenters. The number of nitrogens with zero attached hydrogens (tertiary/aromatic N) is 1. The number of ether oxygens (including phenoxy) is 3. The number of hydrogen-bond acceptors (Lipinski definition) is 5. The van der Waals surface area contributed by atoms with Crippen LogP contribution in [-0.4, -0.2) is 25.3 Å². The zero-order valence-corrected chi connectivity index (χ0v) is 20.3. The van der Waals surface area contributed by atoms with Gasteiger partial charge < -0.3 is 14.2 Å². The van der Waals surface area contributed by atoms with Crippen molar-refractivity contribution in [1.82, 2.24) is 5.43 Å². The molecule has 0 aliphatic rings. The third-order valence-corrected chi connectivity index (χ3v) is 5.15. The van der Waals surface area contributed by atoms with Gasteiger partial charge in [0.25, 0.3) is 5.91 Å². The first kappa shape index (κ1) is 25.1. The van der Waals surface area contributed by atoms with Crippen LogP contribution >= 0.6 is 11.6 Å². The summed E-state index contributed by atoms with van der Waals surface area (Å²) in [5.41, 5.74) is 5.44. The minimum absolute atomic E-state index is 0.125. The molecule has 0 heterocycles. The fourth-order valence-electron chi connectivity index (χ4n) is 3.04. The van der Waals surface area contributed by atoms with Crippen molar-refractivity contribution in [3.05, 3.63) is 88.4 Å². The second kappa shape index (κ2) is 12.7. The van der Waals surface area contributed by atoms with Gasteiger partial charge in [-0.05, 0) is 72.0 Å². The van der Waals surface area contributed by atoms with Crippen molar-refractivity contribution in [1.29, 1.82) is 0 Å². The first-order chi connectivity index (χ1) is 16.4. The Morgan fingerprint density at radius 3 is 2.38 bits per heavy atom. The van der Waals surface area contributed by atoms with Crippen LogP contribution in [0.2, 0.25) is 5.02 Å². The molecule has 6 nitrogen and oxygen atoms in total. The van der Waals surface area contributed by atoms with Crippen LogP contribution in [0.1, 0.15) is 43.4 Å². The van der Waals surface area contributed by atoms with Gasteiger partial charge in [-0.1, -0.05) is 49.7 Å². The Kier molecular flexibility index (Phi) is 9.35. The minimum Gasteiger partial charge on any atom is -0.490 e. The molecule has 178 valence electrons. The lowest BCUT2D eigenvalue weighted by Crippen LogP contribution is -2.24. The number of nitrogens with one attached hydrogen (secondary N) is 1. The summed E-state index contributed by atoms with van der Waals surface area (Å²) in [6, 6.07) is 20.6. The number of carbonyl (C=O) groups is 1. The van der Waals surface area contributed by atoms with E-state index in [1.54, 1.807) is 6.21 Å². The number of amides is 1. The van der Waals surface area contributed by atoms with Crippen molar-refractivity contribution in [2.24, 2.45) is 5.10 Å². The molecule has 0 aromatic heterocycles. The van der Waals surface area contributed by atoms with Gasteiger partial charge in [-0.2, -0.15) is 5.10 Å². The van der Waals surface area contributed by atoms with Gasteiger partial charge in [0.15, 0.2) is 18.1 Å². The van der Waals surface area contributed by atoms with Gasteiger partial charge in [0.2, 0.25) is 0 Å². The molecule has 0 aliphatic carbocycles. The summed E-state index contributed by atoms with van der Waals surface area (Å²) in [7, 11) is 0. The van der Waals surface area contributed by atoms with Crippen LogP contribution < -0.4 is 19.6 Å². The molecule has 0 saturated heterocycles. The number of rotatable bonds is 11. The minimum atomic E-state index is -0.350. The van der Waals surface area contributed by atoms with E-state index in [0.717, 1.165) is 11.1 Å². The molecular weight excluding hydrogens is 452 g/mol. The molecular formula is C27H29ClN2O4. The third-order valence-electron chi connectivity index (χ3n) is 4.89. The highest BCUT2D eigenvalue weighted by Gasteiger charge is 2.07. The molecule has 0 bridgehead atoms. The van der Waals surface area contributed by atoms with E-state index in [9.17, 15) is 4.79 Å². The van der Waals surface area contributed by atoms with E-state index in [2.05, 4.69) is 24.4 Å². The van der Waals surface area contributed by atoms with Gasteiger partial charge in [-0.25, -0.2) is 5.43 Å². The summed E-state index contributed by atoms with van der Waals surface area (Å²) >= 11 is 5.93. The summed E-state index contributed by atoms with van der Waals surface area (Å²) in [5, 5.41) is 4.69. The van der Waals surface area contributed by atoms with E-state index in [1.807, 2.05) is 73.7 Å². The van der Waals surface area contributed by atoms with Gasteiger partial charge in [0.05, 0.1) is 12.8 Å². The van der Waals surface area contributed by atoms with Gasteiger partial charge in [0.1, 0.15) is 12.4 Å². The van der Waals surface area contributed by atoms with Crippen molar-refractivity contribution >= 4 is 23.7 Å². The summed E-state index contributed by atoms with van der Waals surface area (Å²) in [5.74, 6) is 1.95. The van der Waals surface area contributed by atoms with E-state index >= 15 is 0 Å². The van der Waals surface area contributed by atoms with Gasteiger partial charge >= 0.3 is 0 Å². The number of benzene rings is 3. The molecule has 7 heteroatoms. The van der Waals surface area contributed by atoms with Crippen LogP contribution in [0.25, 0.3) is 0 Å². The molecule has 1 amide bonds. The lowest BCUT2D eigenvalue weighted by Gasteiger charge is -2.12. The second-order valence-corrected chi connectivity index (χ2v) is 8.30. The number of hydrogen-bond donors (Lipinski definition) is 1. The first-order valence-corrected chi connectivity index (χ1v) is 11.5. The molecule has 34 heavy (non-hydrogen) atoms. The standard InChI is InChI=1S/C27H29ClN2O4/c1-4-32-26-15-21(7-14-25(26)34-17-20-5-10-23(28)11-6-20)16-29-30-27(31)18-33-24-12-8-22(9-13-24)19(2)3/h5-16,19H,4,17-18H2,1-3H3,(H,30,31). The molecule has 0 spiro atoms. The molecule has 0 saturated carbocycles. The fourth-order valence-corrected chi connectivity index (χ4v) is 3.17. The van der Waals surface area contributed by atoms with Gasteiger partial charge in [-0.15, -0.1) is 0 Å². The molecule has 3 rings (SSSR count). The quantitative estimate of drug-likeness (QED) is 0.271.